The first-order chi connectivity index (χ1) is 9.36. The molecule has 0 radical (unpaired) electrons. The predicted octanol–water partition coefficient (Wildman–Crippen LogP) is 5.06. The predicted molar refractivity (Wildman–Crippen MR) is 81.8 cm³/mol. The summed E-state index contributed by atoms with van der Waals surface area (Å²) in [5, 5.41) is 3.49. The summed E-state index contributed by atoms with van der Waals surface area (Å²) >= 11 is 3.30. The Balaban J connectivity index is 2.14. The van der Waals surface area contributed by atoms with Crippen molar-refractivity contribution >= 4 is 15.9 Å². The number of benzene rings is 1. The normalized spacial score (nSPS) is 13.4. The van der Waals surface area contributed by atoms with Crippen molar-refractivity contribution in [2.45, 2.75) is 33.4 Å². The molecular formula is C16H19BrFNO. The number of halogens is 2. The second-order valence-corrected chi connectivity index (χ2v) is 6.72. The van der Waals surface area contributed by atoms with E-state index in [1.165, 1.54) is 12.1 Å². The fourth-order valence-corrected chi connectivity index (χ4v) is 2.57. The Morgan fingerprint density at radius 3 is 2.30 bits per heavy atom. The van der Waals surface area contributed by atoms with Crippen LogP contribution in [-0.4, -0.2) is 0 Å². The molecule has 0 aliphatic rings. The molecule has 0 saturated carbocycles. The van der Waals surface area contributed by atoms with Crippen LogP contribution in [0.2, 0.25) is 0 Å². The van der Waals surface area contributed by atoms with Crippen molar-refractivity contribution in [1.82, 2.24) is 5.32 Å². The second kappa shape index (κ2) is 6.10. The van der Waals surface area contributed by atoms with Crippen molar-refractivity contribution < 1.29 is 8.81 Å². The monoisotopic (exact) mass is 339 g/mol. The van der Waals surface area contributed by atoms with Crippen LogP contribution in [0.15, 0.2) is 45.5 Å². The molecule has 0 saturated heterocycles. The van der Waals surface area contributed by atoms with Gasteiger partial charge in [-0.05, 0) is 51.2 Å². The molecule has 2 aromatic rings. The molecule has 0 spiro atoms. The fourth-order valence-electron chi connectivity index (χ4n) is 2.23. The van der Waals surface area contributed by atoms with Crippen molar-refractivity contribution in [3.63, 3.8) is 0 Å². The molecule has 1 atom stereocenters. The van der Waals surface area contributed by atoms with Gasteiger partial charge >= 0.3 is 0 Å². The van der Waals surface area contributed by atoms with Crippen molar-refractivity contribution in [2.24, 2.45) is 5.41 Å². The van der Waals surface area contributed by atoms with Crippen molar-refractivity contribution in [1.29, 1.82) is 0 Å². The quantitative estimate of drug-likeness (QED) is 0.842. The summed E-state index contributed by atoms with van der Waals surface area (Å²) in [5.41, 5.74) is 1.09. The Kier molecular flexibility index (Phi) is 4.66. The third kappa shape index (κ3) is 3.93. The highest BCUT2D eigenvalue weighted by Crippen LogP contribution is 2.33. The first kappa shape index (κ1) is 15.3. The van der Waals surface area contributed by atoms with E-state index < -0.39 is 0 Å². The average Bonchev–Trinajstić information content (AvgIpc) is 2.76. The Bertz CT molecular complexity index is 557. The highest BCUT2D eigenvalue weighted by Gasteiger charge is 2.26. The first-order valence-electron chi connectivity index (χ1n) is 6.59. The van der Waals surface area contributed by atoms with E-state index in [2.05, 4.69) is 42.0 Å². The standard InChI is InChI=1S/C16H19BrFNO/c1-16(2,3)15(11-4-6-12(18)7-5-11)19-10-13-8-9-14(17)20-13/h4-9,15,19H,10H2,1-3H3. The Morgan fingerprint density at radius 2 is 1.80 bits per heavy atom. The molecule has 1 aromatic carbocycles. The van der Waals surface area contributed by atoms with Crippen LogP contribution in [0.5, 0.6) is 0 Å². The van der Waals surface area contributed by atoms with Crippen molar-refractivity contribution in [2.75, 3.05) is 0 Å². The molecule has 1 aromatic heterocycles. The van der Waals surface area contributed by atoms with E-state index in [1.54, 1.807) is 0 Å². The molecule has 0 fully saturated rings. The van der Waals surface area contributed by atoms with Gasteiger partial charge in [0, 0.05) is 6.04 Å². The van der Waals surface area contributed by atoms with Crippen LogP contribution in [-0.2, 0) is 6.54 Å². The van der Waals surface area contributed by atoms with Crippen molar-refractivity contribution in [3.05, 3.63) is 58.2 Å². The van der Waals surface area contributed by atoms with Gasteiger partial charge in [-0.1, -0.05) is 32.9 Å². The van der Waals surface area contributed by atoms with Gasteiger partial charge in [0.05, 0.1) is 6.54 Å². The van der Waals surface area contributed by atoms with E-state index in [9.17, 15) is 4.39 Å². The maximum Gasteiger partial charge on any atom is 0.169 e. The molecule has 2 nitrogen and oxygen atoms in total. The topological polar surface area (TPSA) is 25.2 Å². The second-order valence-electron chi connectivity index (χ2n) is 5.94. The zero-order chi connectivity index (χ0) is 14.8. The molecule has 20 heavy (non-hydrogen) atoms. The van der Waals surface area contributed by atoms with Crippen LogP contribution in [0.3, 0.4) is 0 Å². The SMILES string of the molecule is CC(C)(C)C(NCc1ccc(Br)o1)c1ccc(F)cc1. The van der Waals surface area contributed by atoms with Gasteiger partial charge < -0.3 is 9.73 Å². The van der Waals surface area contributed by atoms with E-state index >= 15 is 0 Å². The highest BCUT2D eigenvalue weighted by molar-refractivity contribution is 9.10. The Morgan fingerprint density at radius 1 is 1.15 bits per heavy atom. The van der Waals surface area contributed by atoms with Gasteiger partial charge in [-0.15, -0.1) is 0 Å². The largest absolute Gasteiger partial charge is 0.453 e. The summed E-state index contributed by atoms with van der Waals surface area (Å²) in [6.07, 6.45) is 0. The zero-order valence-corrected chi connectivity index (χ0v) is 13.5. The van der Waals surface area contributed by atoms with Gasteiger partial charge in [0.15, 0.2) is 4.67 Å². The highest BCUT2D eigenvalue weighted by atomic mass is 79.9. The molecule has 1 unspecified atom stereocenters. The number of hydrogen-bond acceptors (Lipinski definition) is 2. The summed E-state index contributed by atoms with van der Waals surface area (Å²) < 4.78 is 19.3. The van der Waals surface area contributed by atoms with Gasteiger partial charge in [-0.2, -0.15) is 0 Å². The zero-order valence-electron chi connectivity index (χ0n) is 11.9. The fraction of sp³-hybridized carbons (Fsp3) is 0.375. The maximum absolute atomic E-state index is 13.1. The van der Waals surface area contributed by atoms with Crippen LogP contribution in [0.1, 0.15) is 38.1 Å². The lowest BCUT2D eigenvalue weighted by molar-refractivity contribution is 0.264. The molecule has 2 rings (SSSR count). The summed E-state index contributed by atoms with van der Waals surface area (Å²) in [6, 6.07) is 10.6. The van der Waals surface area contributed by atoms with Gasteiger partial charge in [-0.25, -0.2) is 4.39 Å². The van der Waals surface area contributed by atoms with E-state index in [4.69, 9.17) is 4.42 Å². The lowest BCUT2D eigenvalue weighted by Crippen LogP contribution is -2.31. The third-order valence-electron chi connectivity index (χ3n) is 3.18. The van der Waals surface area contributed by atoms with E-state index in [1.807, 2.05) is 24.3 Å². The maximum atomic E-state index is 13.1. The van der Waals surface area contributed by atoms with Gasteiger partial charge in [0.25, 0.3) is 0 Å². The molecule has 0 bridgehead atoms. The number of furan rings is 1. The van der Waals surface area contributed by atoms with Gasteiger partial charge in [-0.3, -0.25) is 0 Å². The molecule has 0 aliphatic carbocycles. The van der Waals surface area contributed by atoms with E-state index in [0.29, 0.717) is 6.54 Å². The summed E-state index contributed by atoms with van der Waals surface area (Å²) in [5.74, 6) is 0.657. The number of hydrogen-bond donors (Lipinski definition) is 1. The Labute approximate surface area is 127 Å². The average molecular weight is 340 g/mol. The van der Waals surface area contributed by atoms with Crippen molar-refractivity contribution in [3.8, 4) is 0 Å². The molecule has 1 N–H and O–H groups in total. The lowest BCUT2D eigenvalue weighted by atomic mass is 9.82. The number of nitrogens with one attached hydrogen (secondary N) is 1. The van der Waals surface area contributed by atoms with Crippen LogP contribution in [0, 0.1) is 11.2 Å². The minimum Gasteiger partial charge on any atom is -0.453 e. The molecule has 0 aliphatic heterocycles. The lowest BCUT2D eigenvalue weighted by Gasteiger charge is -2.32. The number of rotatable bonds is 4. The van der Waals surface area contributed by atoms with E-state index in [-0.39, 0.29) is 17.3 Å². The smallest absolute Gasteiger partial charge is 0.169 e. The first-order valence-corrected chi connectivity index (χ1v) is 7.38. The van der Waals surface area contributed by atoms with Gasteiger partial charge in [0.1, 0.15) is 11.6 Å². The molecular weight excluding hydrogens is 321 g/mol. The van der Waals surface area contributed by atoms with Crippen LogP contribution < -0.4 is 5.32 Å². The van der Waals surface area contributed by atoms with Crippen LogP contribution >= 0.6 is 15.9 Å². The minimum absolute atomic E-state index is 0.0155. The van der Waals surface area contributed by atoms with Gasteiger partial charge in [0.2, 0.25) is 0 Å². The molecule has 108 valence electrons. The van der Waals surface area contributed by atoms with Crippen LogP contribution in [0.4, 0.5) is 4.39 Å². The molecule has 1 heterocycles. The summed E-state index contributed by atoms with van der Waals surface area (Å²) in [6.45, 7) is 7.11. The summed E-state index contributed by atoms with van der Waals surface area (Å²) in [7, 11) is 0. The van der Waals surface area contributed by atoms with E-state index in [0.717, 1.165) is 16.0 Å². The van der Waals surface area contributed by atoms with Crippen LogP contribution in [0.25, 0.3) is 0 Å². The minimum atomic E-state index is -0.212. The molecule has 0 amide bonds. The molecule has 4 heteroatoms. The third-order valence-corrected chi connectivity index (χ3v) is 3.60. The Hall–Kier alpha value is -1.13. The summed E-state index contributed by atoms with van der Waals surface area (Å²) in [4.78, 5) is 0.